The maximum atomic E-state index is 12.7. The molecule has 5 nitrogen and oxygen atoms in total. The zero-order valence-electron chi connectivity index (χ0n) is 16.5. The van der Waals surface area contributed by atoms with Crippen molar-refractivity contribution in [2.75, 3.05) is 11.9 Å². The van der Waals surface area contributed by atoms with Gasteiger partial charge in [0.15, 0.2) is 5.69 Å². The predicted molar refractivity (Wildman–Crippen MR) is 110 cm³/mol. The first-order chi connectivity index (χ1) is 14.2. The van der Waals surface area contributed by atoms with E-state index in [-0.39, 0.29) is 0 Å². The summed E-state index contributed by atoms with van der Waals surface area (Å²) in [4.78, 5) is 14.5. The lowest BCUT2D eigenvalue weighted by Gasteiger charge is -2.14. The minimum atomic E-state index is -4.45. The molecule has 1 amide bonds. The molecule has 0 aliphatic rings. The molecule has 0 spiro atoms. The molecule has 0 saturated carbocycles. The normalized spacial score (nSPS) is 12.5. The highest BCUT2D eigenvalue weighted by Gasteiger charge is 2.33. The number of nitrogens with two attached hydrogens (primary N) is 1. The minimum Gasteiger partial charge on any atom is -0.385 e. The Kier molecular flexibility index (Phi) is 6.44. The van der Waals surface area contributed by atoms with Crippen LogP contribution in [0.3, 0.4) is 0 Å². The first-order valence-electron chi connectivity index (χ1n) is 9.56. The maximum absolute atomic E-state index is 12.7. The van der Waals surface area contributed by atoms with Crippen molar-refractivity contribution in [2.45, 2.75) is 25.9 Å². The Labute approximate surface area is 172 Å². The summed E-state index contributed by atoms with van der Waals surface area (Å²) in [6, 6.07) is 14.5. The quantitative estimate of drug-likeness (QED) is 0.560. The van der Waals surface area contributed by atoms with Crippen molar-refractivity contribution in [1.82, 2.24) is 9.55 Å². The van der Waals surface area contributed by atoms with Crippen molar-refractivity contribution in [1.29, 1.82) is 0 Å². The summed E-state index contributed by atoms with van der Waals surface area (Å²) in [7, 11) is 0. The molecule has 0 bridgehead atoms. The van der Waals surface area contributed by atoms with Crippen molar-refractivity contribution in [3.8, 4) is 5.69 Å². The number of primary amides is 1. The highest BCUT2D eigenvalue weighted by Crippen LogP contribution is 2.28. The number of rotatable bonds is 8. The van der Waals surface area contributed by atoms with Crippen molar-refractivity contribution in [3.63, 3.8) is 0 Å². The molecule has 30 heavy (non-hydrogen) atoms. The standard InChI is InChI=1S/C22H23F3N4O/c1-15(2-3-16-4-6-17(7-5-16)21(26)30)12-27-18-8-10-19(11-9-18)29-13-20(28-14-29)22(23,24)25/h4-11,13-15,27H,2-3,12H2,1H3,(H2,26,30). The van der Waals surface area contributed by atoms with Crippen molar-refractivity contribution in [2.24, 2.45) is 11.7 Å². The van der Waals surface area contributed by atoms with Gasteiger partial charge < -0.3 is 15.6 Å². The molecule has 0 saturated heterocycles. The lowest BCUT2D eigenvalue weighted by atomic mass is 10.00. The lowest BCUT2D eigenvalue weighted by Crippen LogP contribution is -2.12. The van der Waals surface area contributed by atoms with Crippen molar-refractivity contribution < 1.29 is 18.0 Å². The molecule has 1 unspecified atom stereocenters. The Bertz CT molecular complexity index is 979. The molecule has 3 aromatic rings. The van der Waals surface area contributed by atoms with E-state index in [1.54, 1.807) is 24.3 Å². The van der Waals surface area contributed by atoms with Gasteiger partial charge in [-0.3, -0.25) is 4.79 Å². The SMILES string of the molecule is CC(CCc1ccc(C(N)=O)cc1)CNc1ccc(-n2cnc(C(F)(F)F)c2)cc1. The average Bonchev–Trinajstić information content (AvgIpc) is 3.22. The van der Waals surface area contributed by atoms with E-state index in [4.69, 9.17) is 5.73 Å². The molecular formula is C22H23F3N4O. The van der Waals surface area contributed by atoms with E-state index < -0.39 is 17.8 Å². The second-order valence-electron chi connectivity index (χ2n) is 7.30. The van der Waals surface area contributed by atoms with Gasteiger partial charge >= 0.3 is 6.18 Å². The predicted octanol–water partition coefficient (Wildman–Crippen LogP) is 4.67. The summed E-state index contributed by atoms with van der Waals surface area (Å²) < 4.78 is 39.4. The third-order valence-electron chi connectivity index (χ3n) is 4.86. The number of carbonyl (C=O) groups is 1. The van der Waals surface area contributed by atoms with Crippen LogP contribution in [0.1, 0.15) is 35.0 Å². The Morgan fingerprint density at radius 3 is 2.37 bits per heavy atom. The third-order valence-corrected chi connectivity index (χ3v) is 4.86. The average molecular weight is 416 g/mol. The number of alkyl halides is 3. The topological polar surface area (TPSA) is 72.9 Å². The van der Waals surface area contributed by atoms with Crippen LogP contribution in [0.5, 0.6) is 0 Å². The van der Waals surface area contributed by atoms with E-state index in [0.29, 0.717) is 17.2 Å². The largest absolute Gasteiger partial charge is 0.434 e. The molecule has 0 radical (unpaired) electrons. The van der Waals surface area contributed by atoms with E-state index >= 15 is 0 Å². The van der Waals surface area contributed by atoms with Gasteiger partial charge in [0.05, 0.1) is 6.33 Å². The molecule has 0 aliphatic heterocycles. The van der Waals surface area contributed by atoms with Gasteiger partial charge in [0.25, 0.3) is 0 Å². The van der Waals surface area contributed by atoms with E-state index in [2.05, 4.69) is 17.2 Å². The number of aromatic nitrogens is 2. The van der Waals surface area contributed by atoms with E-state index in [1.165, 1.54) is 4.57 Å². The first kappa shape index (κ1) is 21.4. The van der Waals surface area contributed by atoms with E-state index in [9.17, 15) is 18.0 Å². The number of carbonyl (C=O) groups excluding carboxylic acids is 1. The first-order valence-corrected chi connectivity index (χ1v) is 9.56. The second-order valence-corrected chi connectivity index (χ2v) is 7.30. The second kappa shape index (κ2) is 9.02. The molecular weight excluding hydrogens is 393 g/mol. The molecule has 3 N–H and O–H groups in total. The smallest absolute Gasteiger partial charge is 0.385 e. The Morgan fingerprint density at radius 1 is 1.13 bits per heavy atom. The zero-order chi connectivity index (χ0) is 21.7. The molecule has 8 heteroatoms. The van der Waals surface area contributed by atoms with Crippen LogP contribution in [0.4, 0.5) is 18.9 Å². The number of amides is 1. The molecule has 0 aliphatic carbocycles. The molecule has 1 heterocycles. The van der Waals surface area contributed by atoms with Crippen LogP contribution in [0.15, 0.2) is 61.1 Å². The number of benzene rings is 2. The van der Waals surface area contributed by atoms with Gasteiger partial charge in [0.1, 0.15) is 0 Å². The Balaban J connectivity index is 1.48. The molecule has 0 fully saturated rings. The fraction of sp³-hybridized carbons (Fsp3) is 0.273. The lowest BCUT2D eigenvalue weighted by molar-refractivity contribution is -0.140. The van der Waals surface area contributed by atoms with Gasteiger partial charge in [-0.1, -0.05) is 19.1 Å². The highest BCUT2D eigenvalue weighted by atomic mass is 19.4. The van der Waals surface area contributed by atoms with Crippen LogP contribution in [0.2, 0.25) is 0 Å². The zero-order valence-corrected chi connectivity index (χ0v) is 16.5. The number of nitrogens with one attached hydrogen (secondary N) is 1. The van der Waals surface area contributed by atoms with Crippen LogP contribution in [-0.2, 0) is 12.6 Å². The number of halogens is 3. The monoisotopic (exact) mass is 416 g/mol. The van der Waals surface area contributed by atoms with E-state index in [1.807, 2.05) is 24.3 Å². The fourth-order valence-electron chi connectivity index (χ4n) is 3.00. The molecule has 2 aromatic carbocycles. The van der Waals surface area contributed by atoms with Crippen LogP contribution < -0.4 is 11.1 Å². The summed E-state index contributed by atoms with van der Waals surface area (Å²) in [6.45, 7) is 2.91. The number of nitrogens with zero attached hydrogens (tertiary/aromatic N) is 2. The number of imidazole rings is 1. The maximum Gasteiger partial charge on any atom is 0.434 e. The molecule has 3 rings (SSSR count). The molecule has 1 aromatic heterocycles. The summed E-state index contributed by atoms with van der Waals surface area (Å²) in [5.74, 6) is -0.0255. The summed E-state index contributed by atoms with van der Waals surface area (Å²) >= 11 is 0. The number of hydrogen-bond acceptors (Lipinski definition) is 3. The molecule has 158 valence electrons. The van der Waals surface area contributed by atoms with Gasteiger partial charge in [-0.05, 0) is 60.7 Å². The highest BCUT2D eigenvalue weighted by molar-refractivity contribution is 5.92. The van der Waals surface area contributed by atoms with Gasteiger partial charge in [0, 0.05) is 29.7 Å². The summed E-state index contributed by atoms with van der Waals surface area (Å²) in [5, 5.41) is 3.35. The third kappa shape index (κ3) is 5.62. The number of aryl methyl sites for hydroxylation is 1. The van der Waals surface area contributed by atoms with E-state index in [0.717, 1.165) is 43.2 Å². The molecule has 1 atom stereocenters. The van der Waals surface area contributed by atoms with Gasteiger partial charge in [-0.15, -0.1) is 0 Å². The van der Waals surface area contributed by atoms with Crippen LogP contribution in [0, 0.1) is 5.92 Å². The van der Waals surface area contributed by atoms with Crippen LogP contribution in [0.25, 0.3) is 5.69 Å². The van der Waals surface area contributed by atoms with Crippen molar-refractivity contribution >= 4 is 11.6 Å². The van der Waals surface area contributed by atoms with Crippen LogP contribution >= 0.6 is 0 Å². The van der Waals surface area contributed by atoms with Gasteiger partial charge in [-0.25, -0.2) is 4.98 Å². The fourth-order valence-corrected chi connectivity index (χ4v) is 3.00. The Morgan fingerprint density at radius 2 is 1.80 bits per heavy atom. The number of hydrogen-bond donors (Lipinski definition) is 2. The Hall–Kier alpha value is -3.29. The summed E-state index contributed by atoms with van der Waals surface area (Å²) in [5.41, 5.74) is 7.48. The minimum absolute atomic E-state index is 0.406. The van der Waals surface area contributed by atoms with Gasteiger partial charge in [-0.2, -0.15) is 13.2 Å². The van der Waals surface area contributed by atoms with Gasteiger partial charge in [0.2, 0.25) is 5.91 Å². The summed E-state index contributed by atoms with van der Waals surface area (Å²) in [6.07, 6.45) is -0.462. The van der Waals surface area contributed by atoms with Crippen molar-refractivity contribution in [3.05, 3.63) is 77.9 Å². The number of anilines is 1. The van der Waals surface area contributed by atoms with Crippen LogP contribution in [-0.4, -0.2) is 22.0 Å².